The highest BCUT2D eigenvalue weighted by Crippen LogP contribution is 2.24. The molecule has 1 aromatic carbocycles. The highest BCUT2D eigenvalue weighted by atomic mass is 32.1. The van der Waals surface area contributed by atoms with Gasteiger partial charge in [-0.1, -0.05) is 12.1 Å². The van der Waals surface area contributed by atoms with Crippen molar-refractivity contribution in [1.29, 1.82) is 0 Å². The minimum absolute atomic E-state index is 0.345. The van der Waals surface area contributed by atoms with E-state index in [1.165, 1.54) is 0 Å². The van der Waals surface area contributed by atoms with Crippen LogP contribution in [-0.2, 0) is 16.0 Å². The molecule has 1 fully saturated rings. The Morgan fingerprint density at radius 1 is 1.17 bits per heavy atom. The second kappa shape index (κ2) is 8.59. The van der Waals surface area contributed by atoms with Gasteiger partial charge in [-0.2, -0.15) is 0 Å². The molecule has 2 rings (SSSR count). The highest BCUT2D eigenvalue weighted by Gasteiger charge is 2.43. The molecule has 0 aromatic heterocycles. The van der Waals surface area contributed by atoms with Gasteiger partial charge in [0.05, 0.1) is 12.7 Å². The Bertz CT molecular complexity index is 540. The molecule has 0 amide bonds. The van der Waals surface area contributed by atoms with Crippen molar-refractivity contribution in [3.63, 3.8) is 0 Å². The fourth-order valence-corrected chi connectivity index (χ4v) is 2.48. The summed E-state index contributed by atoms with van der Waals surface area (Å²) >= 11 is 4.98. The van der Waals surface area contributed by atoms with E-state index in [-0.39, 0.29) is 0 Å². The normalized spacial score (nSPS) is 29.8. The molecular weight excluding hydrogens is 334 g/mol. The predicted molar refractivity (Wildman–Crippen MR) is 90.5 cm³/mol. The van der Waals surface area contributed by atoms with Crippen LogP contribution in [0.4, 0.5) is 0 Å². The van der Waals surface area contributed by atoms with Gasteiger partial charge in [-0.05, 0) is 43.8 Å². The minimum Gasteiger partial charge on any atom is -0.471 e. The Balaban J connectivity index is 1.90. The zero-order valence-electron chi connectivity index (χ0n) is 13.6. The summed E-state index contributed by atoms with van der Waals surface area (Å²) in [6.07, 6.45) is -5.49. The van der Waals surface area contributed by atoms with Gasteiger partial charge in [0.2, 0.25) is 6.29 Å². The summed E-state index contributed by atoms with van der Waals surface area (Å²) in [4.78, 5) is 0. The van der Waals surface area contributed by atoms with Crippen LogP contribution in [-0.4, -0.2) is 57.8 Å². The molecule has 0 aliphatic carbocycles. The topological polar surface area (TPSA) is 100 Å². The lowest BCUT2D eigenvalue weighted by Gasteiger charge is -2.38. The first kappa shape index (κ1) is 18.9. The number of benzene rings is 1. The van der Waals surface area contributed by atoms with Gasteiger partial charge in [-0.25, -0.2) is 0 Å². The van der Waals surface area contributed by atoms with Crippen LogP contribution in [0.25, 0.3) is 0 Å². The molecule has 8 heteroatoms. The average molecular weight is 357 g/mol. The molecule has 0 radical (unpaired) electrons. The molecule has 134 valence electrons. The number of hydrogen-bond donors (Lipinski definition) is 4. The lowest BCUT2D eigenvalue weighted by atomic mass is 10.00. The number of rotatable bonds is 5. The molecule has 7 nitrogen and oxygen atoms in total. The van der Waals surface area contributed by atoms with Crippen LogP contribution in [0.2, 0.25) is 0 Å². The Morgan fingerprint density at radius 3 is 2.46 bits per heavy atom. The smallest absolute Gasteiger partial charge is 0.256 e. The van der Waals surface area contributed by atoms with Crippen LogP contribution in [0.1, 0.15) is 19.4 Å². The van der Waals surface area contributed by atoms with Crippen LogP contribution in [0.3, 0.4) is 0 Å². The van der Waals surface area contributed by atoms with Gasteiger partial charge in [0, 0.05) is 6.54 Å². The second-order valence-corrected chi connectivity index (χ2v) is 5.89. The summed E-state index contributed by atoms with van der Waals surface area (Å²) in [6, 6.07) is 7.11. The Kier molecular flexibility index (Phi) is 6.76. The van der Waals surface area contributed by atoms with Crippen LogP contribution in [0, 0.1) is 0 Å². The van der Waals surface area contributed by atoms with Crippen LogP contribution < -0.4 is 10.1 Å². The molecule has 4 N–H and O–H groups in total. The van der Waals surface area contributed by atoms with Gasteiger partial charge in [-0.15, -0.1) is 0 Å². The minimum atomic E-state index is -1.33. The Morgan fingerprint density at radius 2 is 1.83 bits per heavy atom. The zero-order valence-corrected chi connectivity index (χ0v) is 14.4. The Hall–Kier alpha value is -1.45. The summed E-state index contributed by atoms with van der Waals surface area (Å²) in [5, 5.41) is 32.7. The van der Waals surface area contributed by atoms with E-state index in [2.05, 4.69) is 5.32 Å². The summed E-state index contributed by atoms with van der Waals surface area (Å²) in [7, 11) is 0. The number of hydrogen-bond acceptors (Lipinski definition) is 7. The predicted octanol–water partition coefficient (Wildman–Crippen LogP) is 0.304. The van der Waals surface area contributed by atoms with Crippen molar-refractivity contribution < 1.29 is 29.5 Å². The highest BCUT2D eigenvalue weighted by molar-refractivity contribution is 7.80. The molecule has 24 heavy (non-hydrogen) atoms. The lowest BCUT2D eigenvalue weighted by molar-refractivity contribution is -0.268. The van der Waals surface area contributed by atoms with Gasteiger partial charge in [0.25, 0.3) is 5.17 Å². The molecular formula is C16H23NO6S. The maximum atomic E-state index is 9.94. The van der Waals surface area contributed by atoms with Gasteiger partial charge in [0.1, 0.15) is 24.1 Å². The van der Waals surface area contributed by atoms with Gasteiger partial charge >= 0.3 is 0 Å². The van der Waals surface area contributed by atoms with Gasteiger partial charge in [-0.3, -0.25) is 0 Å². The van der Waals surface area contributed by atoms with E-state index in [0.29, 0.717) is 24.1 Å². The second-order valence-electron chi connectivity index (χ2n) is 5.52. The van der Waals surface area contributed by atoms with E-state index < -0.39 is 30.7 Å². The Labute approximate surface area is 146 Å². The first-order valence-electron chi connectivity index (χ1n) is 7.78. The number of ether oxygens (including phenoxy) is 3. The standard InChI is InChI=1S/C16H23NO6S/c1-3-21-16(24)17-8-10-4-6-11(7-5-10)23-15-14(20)13(19)12(18)9(2)22-15/h4-7,9,12-15,18-20H,3,8H2,1-2H3,(H,17,24)/t9-,12-,13+,14+,15-/m0/s1. The maximum Gasteiger partial charge on any atom is 0.256 e. The summed E-state index contributed by atoms with van der Waals surface area (Å²) in [6.45, 7) is 4.50. The summed E-state index contributed by atoms with van der Waals surface area (Å²) in [5.41, 5.74) is 0.971. The molecule has 1 aliphatic heterocycles. The third-order valence-electron chi connectivity index (χ3n) is 3.70. The van der Waals surface area contributed by atoms with Crippen LogP contribution >= 0.6 is 12.2 Å². The molecule has 1 aliphatic rings. The van der Waals surface area contributed by atoms with Crippen molar-refractivity contribution in [3.8, 4) is 5.75 Å². The van der Waals surface area contributed by atoms with E-state index in [1.807, 2.05) is 19.1 Å². The van der Waals surface area contributed by atoms with Gasteiger partial charge in [0.15, 0.2) is 0 Å². The van der Waals surface area contributed by atoms with Crippen molar-refractivity contribution in [2.45, 2.75) is 51.1 Å². The molecule has 1 heterocycles. The SMILES string of the molecule is CCOC(=S)NCc1ccc(O[C@@H]2O[C@@H](C)[C@H](O)[C@@H](O)[C@H]2O)cc1. The molecule has 0 bridgehead atoms. The first-order valence-corrected chi connectivity index (χ1v) is 8.19. The van der Waals surface area contributed by atoms with Crippen molar-refractivity contribution >= 4 is 17.4 Å². The van der Waals surface area contributed by atoms with Crippen molar-refractivity contribution in [2.75, 3.05) is 6.61 Å². The summed E-state index contributed by atoms with van der Waals surface area (Å²) < 4.78 is 16.1. The summed E-state index contributed by atoms with van der Waals surface area (Å²) in [5.74, 6) is 0.478. The van der Waals surface area contributed by atoms with Crippen molar-refractivity contribution in [1.82, 2.24) is 5.32 Å². The lowest BCUT2D eigenvalue weighted by Crippen LogP contribution is -2.58. The molecule has 1 aromatic rings. The average Bonchev–Trinajstić information content (AvgIpc) is 2.57. The van der Waals surface area contributed by atoms with E-state index in [4.69, 9.17) is 26.4 Å². The zero-order chi connectivity index (χ0) is 17.7. The van der Waals surface area contributed by atoms with Crippen molar-refractivity contribution in [3.05, 3.63) is 29.8 Å². The number of thiocarbonyl (C=S) groups is 1. The van der Waals surface area contributed by atoms with E-state index in [0.717, 1.165) is 5.56 Å². The van der Waals surface area contributed by atoms with E-state index >= 15 is 0 Å². The largest absolute Gasteiger partial charge is 0.471 e. The molecule has 1 saturated heterocycles. The van der Waals surface area contributed by atoms with E-state index in [1.54, 1.807) is 19.1 Å². The quantitative estimate of drug-likeness (QED) is 0.559. The van der Waals surface area contributed by atoms with Gasteiger partial charge < -0.3 is 34.8 Å². The fraction of sp³-hybridized carbons (Fsp3) is 0.562. The number of nitrogens with one attached hydrogen (secondary N) is 1. The van der Waals surface area contributed by atoms with Crippen molar-refractivity contribution in [2.24, 2.45) is 0 Å². The fourth-order valence-electron chi connectivity index (χ4n) is 2.29. The van der Waals surface area contributed by atoms with Crippen LogP contribution in [0.5, 0.6) is 5.75 Å². The van der Waals surface area contributed by atoms with E-state index in [9.17, 15) is 15.3 Å². The molecule has 0 saturated carbocycles. The maximum absolute atomic E-state index is 9.94. The molecule has 0 spiro atoms. The molecule has 5 atom stereocenters. The molecule has 0 unspecified atom stereocenters. The number of aliphatic hydroxyl groups is 3. The monoisotopic (exact) mass is 357 g/mol. The first-order chi connectivity index (χ1) is 11.4. The van der Waals surface area contributed by atoms with Crippen LogP contribution in [0.15, 0.2) is 24.3 Å². The number of aliphatic hydroxyl groups excluding tert-OH is 3. The third-order valence-corrected chi connectivity index (χ3v) is 3.96. The third kappa shape index (κ3) is 4.78.